The number of fused-ring (bicyclic) bond motifs is 1. The number of allylic oxidation sites excluding steroid dienone is 1. The highest BCUT2D eigenvalue weighted by Gasteiger charge is 2.33. The number of aryl methyl sites for hydroxylation is 1. The molecule has 0 saturated heterocycles. The molecule has 6 nitrogen and oxygen atoms in total. The molecule has 5 rings (SSSR count). The second-order valence-corrected chi connectivity index (χ2v) is 10.2. The van der Waals surface area contributed by atoms with Gasteiger partial charge in [-0.25, -0.2) is 14.2 Å². The van der Waals surface area contributed by atoms with Gasteiger partial charge in [-0.15, -0.1) is 0 Å². The van der Waals surface area contributed by atoms with Gasteiger partial charge in [-0.1, -0.05) is 71.5 Å². The van der Waals surface area contributed by atoms with E-state index in [0.29, 0.717) is 26.4 Å². The van der Waals surface area contributed by atoms with Crippen molar-refractivity contribution in [3.8, 4) is 5.75 Å². The van der Waals surface area contributed by atoms with Crippen molar-refractivity contribution in [3.63, 3.8) is 0 Å². The zero-order valence-corrected chi connectivity index (χ0v) is 22.6. The number of carbonyl (C=O) groups is 1. The summed E-state index contributed by atoms with van der Waals surface area (Å²) in [4.78, 5) is 32.0. The molecule has 198 valence electrons. The Morgan fingerprint density at radius 2 is 1.77 bits per heavy atom. The summed E-state index contributed by atoms with van der Waals surface area (Å²) in [6.45, 7) is 5.97. The van der Waals surface area contributed by atoms with Crippen LogP contribution in [0, 0.1) is 12.7 Å². The van der Waals surface area contributed by atoms with Crippen LogP contribution in [0.3, 0.4) is 0 Å². The number of halogens is 1. The number of rotatable bonds is 7. The summed E-state index contributed by atoms with van der Waals surface area (Å²) in [5.41, 5.74) is 4.03. The van der Waals surface area contributed by atoms with E-state index in [1.807, 2.05) is 55.5 Å². The first-order chi connectivity index (χ1) is 18.9. The molecule has 39 heavy (non-hydrogen) atoms. The van der Waals surface area contributed by atoms with Gasteiger partial charge in [0, 0.05) is 5.56 Å². The fourth-order valence-corrected chi connectivity index (χ4v) is 5.51. The molecule has 0 bridgehead atoms. The topological polar surface area (TPSA) is 69.9 Å². The van der Waals surface area contributed by atoms with Gasteiger partial charge in [-0.2, -0.15) is 0 Å². The normalized spacial score (nSPS) is 15.1. The standard InChI is InChI=1S/C31H27FN2O4S/c1-4-37-30(36)27-20(3)33-31-34(28(27)22-13-9-19(2)10-14-22)29(35)26(39-31)17-23-7-5-6-8-25(23)38-18-21-11-15-24(32)16-12-21/h5-17,28H,4,18H2,1-3H3/b26-17+/t28-/m1/s1. The molecule has 1 aromatic heterocycles. The van der Waals surface area contributed by atoms with E-state index in [4.69, 9.17) is 9.47 Å². The van der Waals surface area contributed by atoms with Gasteiger partial charge in [0.1, 0.15) is 18.2 Å². The quantitative estimate of drug-likeness (QED) is 0.314. The Hall–Kier alpha value is -4.30. The van der Waals surface area contributed by atoms with E-state index >= 15 is 0 Å². The Labute approximate surface area is 229 Å². The van der Waals surface area contributed by atoms with Crippen molar-refractivity contribution >= 4 is 23.4 Å². The van der Waals surface area contributed by atoms with Crippen molar-refractivity contribution in [1.29, 1.82) is 0 Å². The van der Waals surface area contributed by atoms with Crippen LogP contribution in [-0.4, -0.2) is 17.1 Å². The summed E-state index contributed by atoms with van der Waals surface area (Å²) in [7, 11) is 0. The lowest BCUT2D eigenvalue weighted by molar-refractivity contribution is -0.139. The van der Waals surface area contributed by atoms with Crippen LogP contribution in [0.15, 0.2) is 93.9 Å². The number of nitrogens with zero attached hydrogens (tertiary/aromatic N) is 2. The molecule has 4 aromatic rings. The summed E-state index contributed by atoms with van der Waals surface area (Å²) < 4.78 is 26.7. The number of aromatic nitrogens is 1. The highest BCUT2D eigenvalue weighted by Crippen LogP contribution is 2.31. The van der Waals surface area contributed by atoms with E-state index in [2.05, 4.69) is 4.99 Å². The fourth-order valence-electron chi connectivity index (χ4n) is 4.47. The summed E-state index contributed by atoms with van der Waals surface area (Å²) in [6, 6.07) is 20.6. The van der Waals surface area contributed by atoms with Gasteiger partial charge in [0.05, 0.1) is 28.5 Å². The molecule has 0 aliphatic carbocycles. The van der Waals surface area contributed by atoms with Gasteiger partial charge in [-0.3, -0.25) is 9.36 Å². The molecule has 0 N–H and O–H groups in total. The Morgan fingerprint density at radius 3 is 2.49 bits per heavy atom. The minimum Gasteiger partial charge on any atom is -0.488 e. The third kappa shape index (κ3) is 5.47. The van der Waals surface area contributed by atoms with E-state index in [-0.39, 0.29) is 24.6 Å². The van der Waals surface area contributed by atoms with Gasteiger partial charge in [-0.05, 0) is 56.2 Å². The molecule has 0 radical (unpaired) electrons. The molecule has 2 heterocycles. The molecule has 0 unspecified atom stereocenters. The van der Waals surface area contributed by atoms with Crippen LogP contribution in [-0.2, 0) is 16.1 Å². The summed E-state index contributed by atoms with van der Waals surface area (Å²) >= 11 is 1.26. The number of hydrogen-bond donors (Lipinski definition) is 0. The lowest BCUT2D eigenvalue weighted by atomic mass is 9.95. The average Bonchev–Trinajstić information content (AvgIpc) is 3.23. The Balaban J connectivity index is 1.59. The molecule has 1 aliphatic heterocycles. The number of thiazole rings is 1. The van der Waals surface area contributed by atoms with Crippen molar-refractivity contribution in [2.45, 2.75) is 33.4 Å². The molecule has 0 saturated carbocycles. The van der Waals surface area contributed by atoms with Crippen LogP contribution in [0.25, 0.3) is 6.08 Å². The number of ether oxygens (including phenoxy) is 2. The van der Waals surface area contributed by atoms with Crippen LogP contribution in [0.1, 0.15) is 42.1 Å². The largest absolute Gasteiger partial charge is 0.488 e. The Kier molecular flexibility index (Phi) is 7.56. The average molecular weight is 543 g/mol. The van der Waals surface area contributed by atoms with Gasteiger partial charge in [0.2, 0.25) is 0 Å². The van der Waals surface area contributed by atoms with Crippen molar-refractivity contribution < 1.29 is 18.7 Å². The third-order valence-electron chi connectivity index (χ3n) is 6.42. The molecule has 0 amide bonds. The summed E-state index contributed by atoms with van der Waals surface area (Å²) in [5, 5.41) is 0. The van der Waals surface area contributed by atoms with Crippen LogP contribution in [0.4, 0.5) is 4.39 Å². The van der Waals surface area contributed by atoms with E-state index in [9.17, 15) is 14.0 Å². The Morgan fingerprint density at radius 1 is 1.05 bits per heavy atom. The molecular formula is C31H27FN2O4S. The van der Waals surface area contributed by atoms with Crippen LogP contribution >= 0.6 is 11.3 Å². The van der Waals surface area contributed by atoms with Crippen LogP contribution in [0.2, 0.25) is 0 Å². The van der Waals surface area contributed by atoms with Crippen LogP contribution in [0.5, 0.6) is 5.75 Å². The Bertz CT molecular complexity index is 1740. The first kappa shape index (κ1) is 26.3. The molecular weight excluding hydrogens is 515 g/mol. The number of carbonyl (C=O) groups excluding carboxylic acids is 1. The molecule has 0 fully saturated rings. The minimum atomic E-state index is -0.659. The maximum Gasteiger partial charge on any atom is 0.338 e. The van der Waals surface area contributed by atoms with Crippen molar-refractivity contribution in [1.82, 2.24) is 4.57 Å². The van der Waals surface area contributed by atoms with Crippen molar-refractivity contribution in [2.75, 3.05) is 6.61 Å². The molecule has 0 spiro atoms. The molecule has 1 aliphatic rings. The first-order valence-electron chi connectivity index (χ1n) is 12.6. The zero-order valence-electron chi connectivity index (χ0n) is 21.8. The summed E-state index contributed by atoms with van der Waals surface area (Å²) in [5.74, 6) is -0.205. The van der Waals surface area contributed by atoms with Gasteiger partial charge in [0.25, 0.3) is 5.56 Å². The predicted molar refractivity (Wildman–Crippen MR) is 149 cm³/mol. The van der Waals surface area contributed by atoms with E-state index in [1.54, 1.807) is 36.6 Å². The zero-order chi connectivity index (χ0) is 27.5. The molecule has 1 atom stereocenters. The highest BCUT2D eigenvalue weighted by molar-refractivity contribution is 7.07. The number of hydrogen-bond acceptors (Lipinski definition) is 6. The van der Waals surface area contributed by atoms with Crippen molar-refractivity contribution in [3.05, 3.63) is 132 Å². The van der Waals surface area contributed by atoms with E-state index < -0.39 is 12.0 Å². The number of para-hydroxylation sites is 1. The van der Waals surface area contributed by atoms with Gasteiger partial charge < -0.3 is 9.47 Å². The van der Waals surface area contributed by atoms with Crippen LogP contribution < -0.4 is 19.6 Å². The molecule has 8 heteroatoms. The number of benzene rings is 3. The lowest BCUT2D eigenvalue weighted by Crippen LogP contribution is -2.39. The van der Waals surface area contributed by atoms with E-state index in [1.165, 1.54) is 23.5 Å². The van der Waals surface area contributed by atoms with Crippen molar-refractivity contribution in [2.24, 2.45) is 4.99 Å². The lowest BCUT2D eigenvalue weighted by Gasteiger charge is -2.24. The first-order valence-corrected chi connectivity index (χ1v) is 13.4. The maximum atomic E-state index is 13.9. The third-order valence-corrected chi connectivity index (χ3v) is 7.41. The summed E-state index contributed by atoms with van der Waals surface area (Å²) in [6.07, 6.45) is 1.78. The second kappa shape index (κ2) is 11.2. The highest BCUT2D eigenvalue weighted by atomic mass is 32.1. The molecule has 3 aromatic carbocycles. The number of esters is 1. The smallest absolute Gasteiger partial charge is 0.338 e. The maximum absolute atomic E-state index is 13.9. The minimum absolute atomic E-state index is 0.218. The second-order valence-electron chi connectivity index (χ2n) is 9.17. The SMILES string of the molecule is CCOC(=O)C1=C(C)N=c2s/c(=C/c3ccccc3OCc3ccc(F)cc3)c(=O)n2[C@@H]1c1ccc(C)cc1. The predicted octanol–water partition coefficient (Wildman–Crippen LogP) is 4.82. The van der Waals surface area contributed by atoms with Gasteiger partial charge >= 0.3 is 5.97 Å². The van der Waals surface area contributed by atoms with Gasteiger partial charge in [0.15, 0.2) is 4.80 Å². The monoisotopic (exact) mass is 542 g/mol. The fraction of sp³-hybridized carbons (Fsp3) is 0.194. The van der Waals surface area contributed by atoms with E-state index in [0.717, 1.165) is 22.3 Å².